The van der Waals surface area contributed by atoms with Crippen LogP contribution in [0, 0.1) is 57.1 Å². The smallest absolute Gasteiger partial charge is 0.340 e. The highest BCUT2D eigenvalue weighted by atomic mass is 19.1. The van der Waals surface area contributed by atoms with E-state index in [0.29, 0.717) is 29.6 Å². The second-order valence-electron chi connectivity index (χ2n) is 16.1. The highest BCUT2D eigenvalue weighted by Gasteiger charge is 2.70. The maximum atomic E-state index is 15.0. The summed E-state index contributed by atoms with van der Waals surface area (Å²) in [4.78, 5) is 12.0. The van der Waals surface area contributed by atoms with Crippen LogP contribution in [0.4, 0.5) is 4.39 Å². The van der Waals surface area contributed by atoms with Crippen LogP contribution in [0.3, 0.4) is 0 Å². The third-order valence-corrected chi connectivity index (χ3v) is 14.4. The lowest BCUT2D eigenvalue weighted by Crippen LogP contribution is -2.67. The van der Waals surface area contributed by atoms with Crippen LogP contribution in [-0.2, 0) is 4.74 Å². The van der Waals surface area contributed by atoms with E-state index in [1.54, 1.807) is 12.1 Å². The van der Waals surface area contributed by atoms with E-state index in [-0.39, 0.29) is 32.8 Å². The molecular formula is C37H52FNO2. The molecule has 1 aromatic rings. The Labute approximate surface area is 247 Å². The van der Waals surface area contributed by atoms with Gasteiger partial charge in [-0.2, -0.15) is 0 Å². The van der Waals surface area contributed by atoms with Crippen LogP contribution in [0.2, 0.25) is 0 Å². The molecular weight excluding hydrogens is 509 g/mol. The summed E-state index contributed by atoms with van der Waals surface area (Å²) in [5, 5.41) is 0. The molecule has 41 heavy (non-hydrogen) atoms. The molecule has 5 aliphatic rings. The Bertz CT molecular complexity index is 1310. The van der Waals surface area contributed by atoms with E-state index in [9.17, 15) is 4.79 Å². The van der Waals surface area contributed by atoms with Crippen LogP contribution in [0.5, 0.6) is 0 Å². The van der Waals surface area contributed by atoms with E-state index in [1.807, 2.05) is 6.07 Å². The van der Waals surface area contributed by atoms with Crippen molar-refractivity contribution in [1.82, 2.24) is 0 Å². The summed E-state index contributed by atoms with van der Waals surface area (Å²) in [5.74, 6) is 1.85. The zero-order chi connectivity index (χ0) is 29.8. The first-order chi connectivity index (χ1) is 19.1. The number of esters is 1. The number of hydrogen-bond donors (Lipinski definition) is 1. The zero-order valence-electron chi connectivity index (χ0n) is 26.5. The van der Waals surface area contributed by atoms with Gasteiger partial charge in [0.25, 0.3) is 0 Å². The van der Waals surface area contributed by atoms with Crippen LogP contribution in [0.15, 0.2) is 36.4 Å². The molecule has 1 aromatic carbocycles. The first-order valence-corrected chi connectivity index (χ1v) is 16.2. The maximum absolute atomic E-state index is 15.0. The number of halogens is 1. The van der Waals surface area contributed by atoms with Gasteiger partial charge >= 0.3 is 5.97 Å². The molecule has 0 heterocycles. The molecule has 0 amide bonds. The molecule has 4 saturated carbocycles. The monoisotopic (exact) mass is 561 g/mol. The zero-order valence-corrected chi connectivity index (χ0v) is 26.5. The van der Waals surface area contributed by atoms with E-state index in [4.69, 9.17) is 10.5 Å². The first-order valence-electron chi connectivity index (χ1n) is 16.2. The van der Waals surface area contributed by atoms with Crippen molar-refractivity contribution in [2.75, 3.05) is 7.11 Å². The van der Waals surface area contributed by atoms with E-state index >= 15 is 4.39 Å². The molecule has 0 bridgehead atoms. The van der Waals surface area contributed by atoms with Gasteiger partial charge in [-0.3, -0.25) is 0 Å². The van der Waals surface area contributed by atoms with E-state index in [2.05, 4.69) is 54.2 Å². The van der Waals surface area contributed by atoms with Gasteiger partial charge in [0.05, 0.1) is 12.7 Å². The van der Waals surface area contributed by atoms with E-state index < -0.39 is 11.8 Å². The molecule has 6 rings (SSSR count). The van der Waals surface area contributed by atoms with Crippen molar-refractivity contribution < 1.29 is 13.9 Å². The van der Waals surface area contributed by atoms with Crippen molar-refractivity contribution >= 4 is 11.5 Å². The number of benzene rings is 1. The molecule has 0 aromatic heterocycles. The average Bonchev–Trinajstić information content (AvgIpc) is 3.26. The van der Waals surface area contributed by atoms with E-state index in [0.717, 1.165) is 24.8 Å². The Kier molecular flexibility index (Phi) is 6.60. The molecule has 0 spiro atoms. The fourth-order valence-electron chi connectivity index (χ4n) is 12.3. The largest absolute Gasteiger partial charge is 0.465 e. The Balaban J connectivity index is 1.36. The summed E-state index contributed by atoms with van der Waals surface area (Å²) < 4.78 is 19.8. The summed E-state index contributed by atoms with van der Waals surface area (Å²) in [6.45, 7) is 19.3. The molecule has 224 valence electrons. The van der Waals surface area contributed by atoms with Crippen LogP contribution >= 0.6 is 0 Å². The van der Waals surface area contributed by atoms with Crippen LogP contribution in [0.1, 0.15) is 115 Å². The van der Waals surface area contributed by atoms with Gasteiger partial charge in [-0.05, 0) is 139 Å². The van der Waals surface area contributed by atoms with Gasteiger partial charge in [-0.15, -0.1) is 0 Å². The number of methoxy groups -OCH3 is 1. The molecule has 0 aliphatic heterocycles. The Morgan fingerprint density at radius 1 is 0.976 bits per heavy atom. The summed E-state index contributed by atoms with van der Waals surface area (Å²) >= 11 is 0. The summed E-state index contributed by atoms with van der Waals surface area (Å²) in [6, 6.07) is 5.04. The van der Waals surface area contributed by atoms with E-state index in [1.165, 1.54) is 56.8 Å². The van der Waals surface area contributed by atoms with Crippen molar-refractivity contribution in [1.29, 1.82) is 0 Å². The van der Waals surface area contributed by atoms with Gasteiger partial charge in [0.1, 0.15) is 5.82 Å². The fourth-order valence-corrected chi connectivity index (χ4v) is 12.3. The van der Waals surface area contributed by atoms with Crippen LogP contribution in [0.25, 0.3) is 5.57 Å². The SMILES string of the molecule is C=C(C)C1CCC2(N)CCC3(C)C(CCC4C5(C)CC=C(c6ccc(C(=O)OC)c(F)c6)C(C)(C)C5CCC43C)C12. The molecule has 0 radical (unpaired) electrons. The van der Waals surface area contributed by atoms with Crippen LogP contribution < -0.4 is 5.73 Å². The highest BCUT2D eigenvalue weighted by Crippen LogP contribution is 2.76. The Morgan fingerprint density at radius 3 is 2.37 bits per heavy atom. The molecule has 3 nitrogen and oxygen atoms in total. The number of carbonyl (C=O) groups is 1. The number of fused-ring (bicyclic) bond motifs is 7. The molecule has 2 N–H and O–H groups in total. The topological polar surface area (TPSA) is 52.3 Å². The van der Waals surface area contributed by atoms with Gasteiger partial charge in [-0.1, -0.05) is 58.9 Å². The van der Waals surface area contributed by atoms with Gasteiger partial charge in [0.15, 0.2) is 0 Å². The van der Waals surface area contributed by atoms with Crippen molar-refractivity contribution in [2.45, 2.75) is 105 Å². The lowest BCUT2D eigenvalue weighted by atomic mass is 9.33. The van der Waals surface area contributed by atoms with Gasteiger partial charge in [0.2, 0.25) is 0 Å². The van der Waals surface area contributed by atoms with Gasteiger partial charge < -0.3 is 10.5 Å². The molecule has 9 unspecified atom stereocenters. The number of hydrogen-bond acceptors (Lipinski definition) is 3. The lowest BCUT2D eigenvalue weighted by Gasteiger charge is -2.72. The number of allylic oxidation sites excluding steroid dienone is 3. The minimum atomic E-state index is -0.629. The number of nitrogens with two attached hydrogens (primary N) is 1. The standard InChI is InChI=1S/C37H52FNO2/c1-22(2)24-13-18-37(39)20-19-35(6)27(31(24)37)11-12-30-34(5)16-14-26(33(3,4)29(34)15-17-36(30,35)7)23-9-10-25(28(38)21-23)32(40)41-8/h9-10,14,21,24,27,29-31H,1,11-13,15-20,39H2,2-8H3. The van der Waals surface area contributed by atoms with Crippen molar-refractivity contribution in [3.63, 3.8) is 0 Å². The predicted molar refractivity (Wildman–Crippen MR) is 165 cm³/mol. The lowest BCUT2D eigenvalue weighted by molar-refractivity contribution is -0.217. The summed E-state index contributed by atoms with van der Waals surface area (Å²) in [7, 11) is 1.29. The maximum Gasteiger partial charge on any atom is 0.340 e. The minimum absolute atomic E-state index is 0.00105. The molecule has 9 atom stereocenters. The molecule has 4 heteroatoms. The minimum Gasteiger partial charge on any atom is -0.465 e. The fraction of sp³-hybridized carbons (Fsp3) is 0.703. The van der Waals surface area contributed by atoms with Gasteiger partial charge in [0, 0.05) is 5.54 Å². The predicted octanol–water partition coefficient (Wildman–Crippen LogP) is 8.97. The Morgan fingerprint density at radius 2 is 1.71 bits per heavy atom. The van der Waals surface area contributed by atoms with Crippen molar-refractivity contribution in [2.24, 2.45) is 57.0 Å². The van der Waals surface area contributed by atoms with Crippen LogP contribution in [-0.4, -0.2) is 18.6 Å². The van der Waals surface area contributed by atoms with Gasteiger partial charge in [-0.25, -0.2) is 9.18 Å². The highest BCUT2D eigenvalue weighted by molar-refractivity contribution is 5.90. The van der Waals surface area contributed by atoms with Crippen molar-refractivity contribution in [3.8, 4) is 0 Å². The number of ether oxygens (including phenoxy) is 1. The van der Waals surface area contributed by atoms with Crippen molar-refractivity contribution in [3.05, 3.63) is 53.4 Å². The molecule has 5 aliphatic carbocycles. The number of rotatable bonds is 3. The Hall–Kier alpha value is -1.94. The molecule has 0 saturated heterocycles. The summed E-state index contributed by atoms with van der Waals surface area (Å²) in [6.07, 6.45) is 13.2. The second-order valence-corrected chi connectivity index (χ2v) is 16.1. The number of carbonyl (C=O) groups excluding carboxylic acids is 1. The third kappa shape index (κ3) is 3.80. The quantitative estimate of drug-likeness (QED) is 0.296. The molecule has 4 fully saturated rings. The average molecular weight is 562 g/mol. The normalized spacial score (nSPS) is 44.5. The summed E-state index contributed by atoms with van der Waals surface area (Å²) in [5.41, 5.74) is 11.4. The third-order valence-electron chi connectivity index (χ3n) is 14.4. The second kappa shape index (κ2) is 9.28. The first kappa shape index (κ1) is 29.1.